The van der Waals surface area contributed by atoms with E-state index in [0.29, 0.717) is 17.2 Å². The van der Waals surface area contributed by atoms with Gasteiger partial charge in [0.1, 0.15) is 6.07 Å². The first-order chi connectivity index (χ1) is 7.54. The highest BCUT2D eigenvalue weighted by atomic mass is 16.5. The van der Waals surface area contributed by atoms with E-state index in [2.05, 4.69) is 18.5 Å². The fourth-order valence-corrected chi connectivity index (χ4v) is 1.35. The standard InChI is InChI=1S/C13H20N2O/c1-6-8-10(3)16-12(5)15-11(4)13(7-2)9-14/h7,10H,2,6,8H2,1,3-5H3/b13-11+,15-12?. The van der Waals surface area contributed by atoms with Gasteiger partial charge in [0.2, 0.25) is 0 Å². The van der Waals surface area contributed by atoms with E-state index in [-0.39, 0.29) is 6.10 Å². The number of nitriles is 1. The molecule has 0 N–H and O–H groups in total. The summed E-state index contributed by atoms with van der Waals surface area (Å²) >= 11 is 0. The lowest BCUT2D eigenvalue weighted by Crippen LogP contribution is -2.12. The average Bonchev–Trinajstić information content (AvgIpc) is 2.19. The molecule has 1 unspecified atom stereocenters. The molecule has 0 aliphatic rings. The van der Waals surface area contributed by atoms with Gasteiger partial charge in [0.15, 0.2) is 5.90 Å². The summed E-state index contributed by atoms with van der Waals surface area (Å²) in [6, 6.07) is 2.03. The molecule has 0 heterocycles. The van der Waals surface area contributed by atoms with Crippen molar-refractivity contribution in [3.8, 4) is 6.07 Å². The van der Waals surface area contributed by atoms with Crippen molar-refractivity contribution < 1.29 is 4.74 Å². The fraction of sp³-hybridized carbons (Fsp3) is 0.538. The minimum atomic E-state index is 0.163. The Bertz CT molecular complexity index is 334. The molecular formula is C13H20N2O. The summed E-state index contributed by atoms with van der Waals surface area (Å²) in [4.78, 5) is 4.22. The second-order valence-electron chi connectivity index (χ2n) is 3.66. The Morgan fingerprint density at radius 2 is 2.19 bits per heavy atom. The van der Waals surface area contributed by atoms with Crippen LogP contribution < -0.4 is 0 Å². The van der Waals surface area contributed by atoms with E-state index in [9.17, 15) is 0 Å². The van der Waals surface area contributed by atoms with Crippen LogP contribution in [-0.2, 0) is 4.74 Å². The summed E-state index contributed by atoms with van der Waals surface area (Å²) in [5.41, 5.74) is 1.12. The van der Waals surface area contributed by atoms with Crippen LogP contribution in [0.25, 0.3) is 0 Å². The normalized spacial score (nSPS) is 14.8. The molecule has 1 atom stereocenters. The average molecular weight is 220 g/mol. The lowest BCUT2D eigenvalue weighted by atomic mass is 10.2. The molecule has 0 aromatic heterocycles. The smallest absolute Gasteiger partial charge is 0.185 e. The number of hydrogen-bond donors (Lipinski definition) is 0. The van der Waals surface area contributed by atoms with Crippen molar-refractivity contribution in [2.24, 2.45) is 4.99 Å². The van der Waals surface area contributed by atoms with E-state index in [1.165, 1.54) is 6.08 Å². The maximum atomic E-state index is 8.79. The third-order valence-corrected chi connectivity index (χ3v) is 2.11. The fourth-order valence-electron chi connectivity index (χ4n) is 1.35. The first-order valence-corrected chi connectivity index (χ1v) is 5.50. The summed E-state index contributed by atoms with van der Waals surface area (Å²) in [5.74, 6) is 0.591. The van der Waals surface area contributed by atoms with E-state index in [4.69, 9.17) is 10.00 Å². The lowest BCUT2D eigenvalue weighted by Gasteiger charge is -2.12. The largest absolute Gasteiger partial charge is 0.478 e. The molecule has 0 fully saturated rings. The Labute approximate surface area is 98.1 Å². The molecule has 0 rings (SSSR count). The third kappa shape index (κ3) is 5.35. The van der Waals surface area contributed by atoms with Crippen LogP contribution in [0.5, 0.6) is 0 Å². The summed E-state index contributed by atoms with van der Waals surface area (Å²) in [7, 11) is 0. The van der Waals surface area contributed by atoms with Gasteiger partial charge in [0, 0.05) is 6.92 Å². The van der Waals surface area contributed by atoms with Crippen LogP contribution in [0.2, 0.25) is 0 Å². The van der Waals surface area contributed by atoms with Gasteiger partial charge in [-0.25, -0.2) is 4.99 Å². The molecule has 0 aliphatic heterocycles. The second-order valence-corrected chi connectivity index (χ2v) is 3.66. The van der Waals surface area contributed by atoms with Gasteiger partial charge in [0.25, 0.3) is 0 Å². The van der Waals surface area contributed by atoms with Crippen LogP contribution in [0.3, 0.4) is 0 Å². The number of ether oxygens (including phenoxy) is 1. The second kappa shape index (κ2) is 7.70. The molecule has 0 aliphatic carbocycles. The lowest BCUT2D eigenvalue weighted by molar-refractivity contribution is 0.194. The quantitative estimate of drug-likeness (QED) is 0.307. The first kappa shape index (κ1) is 14.4. The third-order valence-electron chi connectivity index (χ3n) is 2.11. The number of rotatable bonds is 5. The first-order valence-electron chi connectivity index (χ1n) is 5.50. The van der Waals surface area contributed by atoms with Crippen LogP contribution in [0, 0.1) is 11.3 Å². The van der Waals surface area contributed by atoms with Gasteiger partial charge < -0.3 is 4.74 Å². The Morgan fingerprint density at radius 1 is 1.56 bits per heavy atom. The SMILES string of the molecule is C=C/C(C#N)=C(/C)N=C(C)OC(C)CCC. The molecule has 3 nitrogen and oxygen atoms in total. The van der Waals surface area contributed by atoms with Crippen LogP contribution in [0.4, 0.5) is 0 Å². The molecule has 0 bridgehead atoms. The summed E-state index contributed by atoms with van der Waals surface area (Å²) in [5, 5.41) is 8.79. The molecule has 0 saturated heterocycles. The topological polar surface area (TPSA) is 45.4 Å². The van der Waals surface area contributed by atoms with Gasteiger partial charge in [-0.3, -0.25) is 0 Å². The van der Waals surface area contributed by atoms with E-state index in [0.717, 1.165) is 12.8 Å². The van der Waals surface area contributed by atoms with Crippen molar-refractivity contribution in [1.82, 2.24) is 0 Å². The molecule has 0 aromatic carbocycles. The maximum Gasteiger partial charge on any atom is 0.185 e. The zero-order chi connectivity index (χ0) is 12.6. The van der Waals surface area contributed by atoms with Crippen LogP contribution in [-0.4, -0.2) is 12.0 Å². The van der Waals surface area contributed by atoms with Crippen molar-refractivity contribution in [3.63, 3.8) is 0 Å². The van der Waals surface area contributed by atoms with Crippen molar-refractivity contribution >= 4 is 5.90 Å². The van der Waals surface area contributed by atoms with Crippen LogP contribution in [0.15, 0.2) is 28.9 Å². The van der Waals surface area contributed by atoms with Gasteiger partial charge >= 0.3 is 0 Å². The minimum absolute atomic E-state index is 0.163. The molecule has 16 heavy (non-hydrogen) atoms. The Morgan fingerprint density at radius 3 is 2.62 bits per heavy atom. The summed E-state index contributed by atoms with van der Waals surface area (Å²) in [6.07, 6.45) is 3.75. The number of hydrogen-bond acceptors (Lipinski definition) is 3. The highest BCUT2D eigenvalue weighted by Crippen LogP contribution is 2.08. The van der Waals surface area contributed by atoms with E-state index in [1.54, 1.807) is 13.8 Å². The van der Waals surface area contributed by atoms with Crippen LogP contribution >= 0.6 is 0 Å². The zero-order valence-corrected chi connectivity index (χ0v) is 10.6. The highest BCUT2D eigenvalue weighted by molar-refractivity contribution is 5.74. The van der Waals surface area contributed by atoms with Crippen molar-refractivity contribution in [3.05, 3.63) is 23.9 Å². The molecule has 88 valence electrons. The monoisotopic (exact) mass is 220 g/mol. The summed E-state index contributed by atoms with van der Waals surface area (Å²) < 4.78 is 5.57. The highest BCUT2D eigenvalue weighted by Gasteiger charge is 2.03. The Balaban J connectivity index is 4.60. The molecule has 3 heteroatoms. The maximum absolute atomic E-state index is 8.79. The molecule has 0 aromatic rings. The number of allylic oxidation sites excluding steroid dienone is 3. The van der Waals surface area contributed by atoms with Crippen LogP contribution in [0.1, 0.15) is 40.5 Å². The van der Waals surface area contributed by atoms with E-state index >= 15 is 0 Å². The van der Waals surface area contributed by atoms with Gasteiger partial charge in [-0.05, 0) is 26.3 Å². The van der Waals surface area contributed by atoms with Gasteiger partial charge in [0.05, 0.1) is 17.4 Å². The van der Waals surface area contributed by atoms with E-state index < -0.39 is 0 Å². The Hall–Kier alpha value is -1.56. The van der Waals surface area contributed by atoms with Crippen molar-refractivity contribution in [2.75, 3.05) is 0 Å². The zero-order valence-electron chi connectivity index (χ0n) is 10.6. The molecular weight excluding hydrogens is 200 g/mol. The van der Waals surface area contributed by atoms with E-state index in [1.807, 2.05) is 13.0 Å². The number of aliphatic imine (C=N–C) groups is 1. The molecule has 0 spiro atoms. The molecule has 0 saturated carbocycles. The van der Waals surface area contributed by atoms with Crippen molar-refractivity contribution in [2.45, 2.75) is 46.6 Å². The number of nitrogens with zero attached hydrogens (tertiary/aromatic N) is 2. The minimum Gasteiger partial charge on any atom is -0.478 e. The van der Waals surface area contributed by atoms with Gasteiger partial charge in [-0.2, -0.15) is 5.26 Å². The Kier molecular flexibility index (Phi) is 6.95. The predicted octanol–water partition coefficient (Wildman–Crippen LogP) is 3.59. The van der Waals surface area contributed by atoms with Gasteiger partial charge in [-0.15, -0.1) is 0 Å². The molecule has 0 radical (unpaired) electrons. The summed E-state index contributed by atoms with van der Waals surface area (Å²) in [6.45, 7) is 11.3. The van der Waals surface area contributed by atoms with Crippen molar-refractivity contribution in [1.29, 1.82) is 5.26 Å². The van der Waals surface area contributed by atoms with Gasteiger partial charge in [-0.1, -0.05) is 19.9 Å². The predicted molar refractivity (Wildman–Crippen MR) is 67.1 cm³/mol. The molecule has 0 amide bonds.